The van der Waals surface area contributed by atoms with E-state index in [4.69, 9.17) is 9.15 Å². The monoisotopic (exact) mass is 441 g/mol. The van der Waals surface area contributed by atoms with Crippen molar-refractivity contribution >= 4 is 49.6 Å². The van der Waals surface area contributed by atoms with Crippen molar-refractivity contribution in [2.45, 2.75) is 13.5 Å². The molecule has 0 aliphatic carbocycles. The second-order valence-corrected chi connectivity index (χ2v) is 7.22. The summed E-state index contributed by atoms with van der Waals surface area (Å²) in [6.07, 6.45) is 1.36. The van der Waals surface area contributed by atoms with E-state index in [1.807, 2.05) is 31.2 Å². The number of halogens is 1. The number of carbonyl (C=O) groups excluding carboxylic acids is 1. The number of nitrogens with one attached hydrogen (secondary N) is 1. The largest absolute Gasteiger partial charge is 0.495 e. The van der Waals surface area contributed by atoms with Gasteiger partial charge in [0.25, 0.3) is 5.56 Å². The summed E-state index contributed by atoms with van der Waals surface area (Å²) in [5.41, 5.74) is 2.19. The minimum absolute atomic E-state index is 0.133. The van der Waals surface area contributed by atoms with Gasteiger partial charge in [0.2, 0.25) is 11.5 Å². The molecule has 1 amide bonds. The van der Waals surface area contributed by atoms with Gasteiger partial charge in [-0.15, -0.1) is 0 Å². The number of benzene rings is 2. The Labute approximate surface area is 168 Å². The number of nitrogens with zero attached hydrogens (tertiary/aromatic N) is 2. The van der Waals surface area contributed by atoms with Crippen LogP contribution in [0.4, 0.5) is 5.69 Å². The Kier molecular flexibility index (Phi) is 4.64. The van der Waals surface area contributed by atoms with Crippen LogP contribution in [0.15, 0.2) is 56.4 Å². The molecule has 0 radical (unpaired) electrons. The van der Waals surface area contributed by atoms with Gasteiger partial charge in [-0.05, 0) is 36.8 Å². The van der Waals surface area contributed by atoms with Gasteiger partial charge in [0.05, 0.1) is 19.1 Å². The summed E-state index contributed by atoms with van der Waals surface area (Å²) in [6, 6.07) is 10.9. The van der Waals surface area contributed by atoms with Gasteiger partial charge in [-0.25, -0.2) is 4.98 Å². The number of hydrogen-bond acceptors (Lipinski definition) is 5. The Morgan fingerprint density at radius 1 is 1.32 bits per heavy atom. The topological polar surface area (TPSA) is 86.4 Å². The first kappa shape index (κ1) is 18.2. The number of fused-ring (bicyclic) bond motifs is 3. The van der Waals surface area contributed by atoms with E-state index in [-0.39, 0.29) is 18.0 Å². The lowest BCUT2D eigenvalue weighted by Crippen LogP contribution is -2.28. The van der Waals surface area contributed by atoms with Crippen LogP contribution < -0.4 is 15.6 Å². The smallest absolute Gasteiger partial charge is 0.297 e. The third-order valence-electron chi connectivity index (χ3n) is 4.41. The van der Waals surface area contributed by atoms with Crippen LogP contribution in [0.5, 0.6) is 5.75 Å². The van der Waals surface area contributed by atoms with Crippen molar-refractivity contribution in [3.8, 4) is 5.75 Å². The Morgan fingerprint density at radius 2 is 2.11 bits per heavy atom. The number of para-hydroxylation sites is 1. The van der Waals surface area contributed by atoms with Crippen molar-refractivity contribution < 1.29 is 13.9 Å². The highest BCUT2D eigenvalue weighted by Gasteiger charge is 2.16. The third kappa shape index (κ3) is 3.16. The normalized spacial score (nSPS) is 11.1. The highest BCUT2D eigenvalue weighted by Crippen LogP contribution is 2.32. The van der Waals surface area contributed by atoms with Gasteiger partial charge >= 0.3 is 0 Å². The van der Waals surface area contributed by atoms with E-state index in [0.29, 0.717) is 22.5 Å². The van der Waals surface area contributed by atoms with Gasteiger partial charge in [-0.1, -0.05) is 28.1 Å². The molecule has 8 heteroatoms. The molecule has 142 valence electrons. The van der Waals surface area contributed by atoms with Crippen molar-refractivity contribution in [1.29, 1.82) is 0 Å². The molecule has 2 heterocycles. The van der Waals surface area contributed by atoms with Gasteiger partial charge in [-0.2, -0.15) is 0 Å². The summed E-state index contributed by atoms with van der Waals surface area (Å²) >= 11 is 3.40. The molecule has 0 bridgehead atoms. The van der Waals surface area contributed by atoms with E-state index < -0.39 is 5.56 Å². The first-order valence-corrected chi connectivity index (χ1v) is 9.28. The zero-order chi connectivity index (χ0) is 19.8. The average molecular weight is 442 g/mol. The lowest BCUT2D eigenvalue weighted by atomic mass is 10.2. The minimum atomic E-state index is -0.407. The number of ether oxygens (including phenoxy) is 1. The number of aromatic nitrogens is 2. The second-order valence-electron chi connectivity index (χ2n) is 6.30. The van der Waals surface area contributed by atoms with Crippen LogP contribution in [0.2, 0.25) is 0 Å². The number of carbonyl (C=O) groups is 1. The number of amides is 1. The van der Waals surface area contributed by atoms with Crippen molar-refractivity contribution in [2.75, 3.05) is 12.4 Å². The molecule has 0 spiro atoms. The summed E-state index contributed by atoms with van der Waals surface area (Å²) in [6.45, 7) is 1.66. The molecule has 0 atom stereocenters. The predicted molar refractivity (Wildman–Crippen MR) is 110 cm³/mol. The summed E-state index contributed by atoms with van der Waals surface area (Å²) < 4.78 is 13.0. The Hall–Kier alpha value is -3.13. The molecule has 28 heavy (non-hydrogen) atoms. The second kappa shape index (κ2) is 7.12. The Balaban J connectivity index is 1.65. The number of furan rings is 1. The lowest BCUT2D eigenvalue weighted by Gasteiger charge is -2.14. The zero-order valence-corrected chi connectivity index (χ0v) is 16.7. The molecule has 0 aliphatic rings. The number of anilines is 1. The van der Waals surface area contributed by atoms with Crippen LogP contribution in [-0.4, -0.2) is 22.6 Å². The number of aryl methyl sites for hydroxylation is 1. The van der Waals surface area contributed by atoms with E-state index in [2.05, 4.69) is 26.2 Å². The quantitative estimate of drug-likeness (QED) is 0.519. The van der Waals surface area contributed by atoms with E-state index >= 15 is 0 Å². The van der Waals surface area contributed by atoms with E-state index in [1.165, 1.54) is 18.0 Å². The summed E-state index contributed by atoms with van der Waals surface area (Å²) in [5, 5.41) is 3.57. The molecular weight excluding hydrogens is 426 g/mol. The van der Waals surface area contributed by atoms with Crippen molar-refractivity contribution in [3.63, 3.8) is 0 Å². The molecule has 4 aromatic rings. The number of hydrogen-bond donors (Lipinski definition) is 1. The Morgan fingerprint density at radius 3 is 2.89 bits per heavy atom. The van der Waals surface area contributed by atoms with E-state index in [0.717, 1.165) is 15.4 Å². The highest BCUT2D eigenvalue weighted by molar-refractivity contribution is 9.10. The lowest BCUT2D eigenvalue weighted by molar-refractivity contribution is -0.116. The summed E-state index contributed by atoms with van der Waals surface area (Å²) in [5.74, 6) is 0.154. The van der Waals surface area contributed by atoms with Crippen molar-refractivity contribution in [1.82, 2.24) is 9.55 Å². The van der Waals surface area contributed by atoms with Gasteiger partial charge in [-0.3, -0.25) is 14.2 Å². The first-order chi connectivity index (χ1) is 13.5. The molecule has 0 saturated carbocycles. The molecule has 0 unspecified atom stereocenters. The maximum absolute atomic E-state index is 12.7. The van der Waals surface area contributed by atoms with Gasteiger partial charge in [0, 0.05) is 9.86 Å². The van der Waals surface area contributed by atoms with Crippen LogP contribution in [0.1, 0.15) is 5.56 Å². The van der Waals surface area contributed by atoms with Crippen LogP contribution in [0.3, 0.4) is 0 Å². The third-order valence-corrected chi connectivity index (χ3v) is 4.87. The fourth-order valence-electron chi connectivity index (χ4n) is 3.10. The molecule has 4 rings (SSSR count). The maximum Gasteiger partial charge on any atom is 0.297 e. The van der Waals surface area contributed by atoms with Gasteiger partial charge < -0.3 is 14.5 Å². The van der Waals surface area contributed by atoms with Crippen LogP contribution in [0, 0.1) is 6.92 Å². The molecule has 1 N–H and O–H groups in total. The highest BCUT2D eigenvalue weighted by atomic mass is 79.9. The van der Waals surface area contributed by atoms with Crippen molar-refractivity contribution in [2.24, 2.45) is 0 Å². The number of rotatable bonds is 4. The molecule has 2 aromatic heterocycles. The van der Waals surface area contributed by atoms with E-state index in [1.54, 1.807) is 12.1 Å². The maximum atomic E-state index is 12.7. The molecule has 7 nitrogen and oxygen atoms in total. The molecule has 2 aromatic carbocycles. The summed E-state index contributed by atoms with van der Waals surface area (Å²) in [7, 11) is 1.53. The predicted octanol–water partition coefficient (Wildman–Crippen LogP) is 3.86. The van der Waals surface area contributed by atoms with Crippen LogP contribution >= 0.6 is 15.9 Å². The molecule has 0 aliphatic heterocycles. The van der Waals surface area contributed by atoms with Gasteiger partial charge in [0.1, 0.15) is 23.4 Å². The first-order valence-electron chi connectivity index (χ1n) is 8.48. The summed E-state index contributed by atoms with van der Waals surface area (Å²) in [4.78, 5) is 29.6. The van der Waals surface area contributed by atoms with Crippen molar-refractivity contribution in [3.05, 3.63) is 63.1 Å². The molecule has 0 saturated heterocycles. The van der Waals surface area contributed by atoms with Crippen LogP contribution in [-0.2, 0) is 11.3 Å². The van der Waals surface area contributed by atoms with E-state index in [9.17, 15) is 9.59 Å². The average Bonchev–Trinajstić information content (AvgIpc) is 3.05. The SMILES string of the molecule is COc1cc(Br)cc(C)c1NC(=O)Cn1cnc2c(oc3ccccc32)c1=O. The standard InChI is InChI=1S/C20H16BrN3O4/c1-11-7-12(21)8-15(27-2)17(11)23-16(25)9-24-10-22-18-13-5-3-4-6-14(13)28-19(18)20(24)26/h3-8,10H,9H2,1-2H3,(H,23,25). The Bertz CT molecular complexity index is 1280. The van der Waals surface area contributed by atoms with Gasteiger partial charge in [0.15, 0.2) is 0 Å². The van der Waals surface area contributed by atoms with Crippen LogP contribution in [0.25, 0.3) is 22.1 Å². The molecule has 0 fully saturated rings. The fraction of sp³-hybridized carbons (Fsp3) is 0.150. The fourth-order valence-corrected chi connectivity index (χ4v) is 3.65. The minimum Gasteiger partial charge on any atom is -0.495 e. The molecular formula is C20H16BrN3O4. The number of methoxy groups -OCH3 is 1. The zero-order valence-electron chi connectivity index (χ0n) is 15.2.